The Kier molecular flexibility index (Phi) is 7.43. The highest BCUT2D eigenvalue weighted by Crippen LogP contribution is 1.98. The smallest absolute Gasteiger partial charge is 0.303 e. The minimum absolute atomic E-state index is 0.199. The number of rotatable bonds is 6. The molecule has 0 aliphatic rings. The second-order valence-corrected chi connectivity index (χ2v) is 3.60. The minimum atomic E-state index is -1.29. The highest BCUT2D eigenvalue weighted by atomic mass is 16.5. The number of hydrogen-bond acceptors (Lipinski definition) is 3. The van der Waals surface area contributed by atoms with E-state index in [0.717, 1.165) is 13.0 Å². The average Bonchev–Trinajstić information content (AvgIpc) is 2.38. The van der Waals surface area contributed by atoms with Gasteiger partial charge in [0, 0.05) is 14.9 Å². The molecule has 0 aliphatic carbocycles. The second-order valence-electron chi connectivity index (χ2n) is 3.60. The number of ketones is 1. The van der Waals surface area contributed by atoms with E-state index >= 15 is 0 Å². The molecule has 4 nitrogen and oxygen atoms in total. The molecule has 4 heteroatoms. The minimum Gasteiger partial charge on any atom is -0.481 e. The van der Waals surface area contributed by atoms with Crippen molar-refractivity contribution >= 4 is 11.8 Å². The highest BCUT2D eigenvalue weighted by molar-refractivity contribution is 5.80. The zero-order valence-corrected chi connectivity index (χ0v) is 10.7. The molecule has 0 bridgehead atoms. The van der Waals surface area contributed by atoms with Crippen LogP contribution in [0.1, 0.15) is 28.0 Å². The lowest BCUT2D eigenvalue weighted by Gasteiger charge is -1.97. The summed E-state index contributed by atoms with van der Waals surface area (Å²) < 4.78 is 18.9. The van der Waals surface area contributed by atoms with Gasteiger partial charge in [-0.25, -0.2) is 0 Å². The van der Waals surface area contributed by atoms with Crippen molar-refractivity contribution in [1.29, 1.82) is 0 Å². The van der Waals surface area contributed by atoms with Gasteiger partial charge in [-0.1, -0.05) is 30.3 Å². The summed E-state index contributed by atoms with van der Waals surface area (Å²) >= 11 is 0. The van der Waals surface area contributed by atoms with Crippen LogP contribution in [0.15, 0.2) is 30.3 Å². The van der Waals surface area contributed by atoms with E-state index in [9.17, 15) is 9.59 Å². The maximum Gasteiger partial charge on any atom is 0.303 e. The fraction of sp³-hybridized carbons (Fsp3) is 0.429. The number of benzene rings is 1. The number of Topliss-reactive ketones (excluding diaryl/α,β-unsaturated/α-hetero) is 1. The molecule has 0 aliphatic heterocycles. The van der Waals surface area contributed by atoms with Gasteiger partial charge in [-0.15, -0.1) is 0 Å². The summed E-state index contributed by atoms with van der Waals surface area (Å²) in [4.78, 5) is 20.1. The summed E-state index contributed by atoms with van der Waals surface area (Å²) in [5.74, 6) is -1.51. The first-order chi connectivity index (χ1) is 9.36. The monoisotopic (exact) mass is 256 g/mol. The molecule has 0 fully saturated rings. The van der Waals surface area contributed by atoms with Gasteiger partial charge in [-0.3, -0.25) is 4.79 Å². The van der Waals surface area contributed by atoms with Gasteiger partial charge < -0.3 is 14.6 Å². The van der Waals surface area contributed by atoms with Crippen molar-refractivity contribution in [2.24, 2.45) is 0 Å². The Hall–Kier alpha value is -1.68. The van der Waals surface area contributed by atoms with E-state index < -0.39 is 12.4 Å². The Labute approximate surface area is 110 Å². The van der Waals surface area contributed by atoms with Crippen molar-refractivity contribution in [2.45, 2.75) is 26.2 Å². The van der Waals surface area contributed by atoms with Gasteiger partial charge in [-0.2, -0.15) is 0 Å². The molecular formula is C14H20O4. The molecule has 1 unspecified atom stereocenters. The molecule has 1 aromatic carbocycles. The van der Waals surface area contributed by atoms with E-state index in [4.69, 9.17) is 12.6 Å². The number of ether oxygens (including phenoxy) is 1. The molecule has 1 rings (SSSR count). The van der Waals surface area contributed by atoms with E-state index in [2.05, 4.69) is 0 Å². The molecule has 1 aromatic rings. The zero-order chi connectivity index (χ0) is 15.5. The fourth-order valence-electron chi connectivity index (χ4n) is 1.04. The lowest BCUT2D eigenvalue weighted by Crippen LogP contribution is -1.98. The van der Waals surface area contributed by atoms with Gasteiger partial charge in [0.15, 0.2) is 0 Å². The molecule has 1 N–H and O–H groups in total. The number of carbonyl (C=O) groups excluding carboxylic acids is 1. The number of hydrogen-bond donors (Lipinski definition) is 1. The molecule has 0 heterocycles. The van der Waals surface area contributed by atoms with Crippen molar-refractivity contribution in [1.82, 2.24) is 0 Å². The summed E-state index contributed by atoms with van der Waals surface area (Å²) in [5.41, 5.74) is 1.22. The first-order valence-corrected chi connectivity index (χ1v) is 5.55. The first kappa shape index (κ1) is 12.8. The van der Waals surface area contributed by atoms with E-state index in [0.29, 0.717) is 6.04 Å². The van der Waals surface area contributed by atoms with Gasteiger partial charge in [0.1, 0.15) is 5.78 Å². The van der Waals surface area contributed by atoms with E-state index in [1.807, 2.05) is 12.1 Å². The van der Waals surface area contributed by atoms with Crippen LogP contribution in [0.2, 0.25) is 0 Å². The van der Waals surface area contributed by atoms with Crippen molar-refractivity contribution in [3.05, 3.63) is 35.9 Å². The standard InChI is InChI=1S/C9H12O.C5H8O3/c1-10-8-7-9-5-3-2-4-6-9;1-4(6)2-3-5(7)8/h2-6H,7-8H2,1H3;2-3H2,1H3,(H,7,8)/i2T;3T. The van der Waals surface area contributed by atoms with Crippen LogP contribution >= 0.6 is 0 Å². The summed E-state index contributed by atoms with van der Waals surface area (Å²) in [5, 5.41) is 8.09. The molecule has 100 valence electrons. The lowest BCUT2D eigenvalue weighted by molar-refractivity contribution is -0.138. The third kappa shape index (κ3) is 10.8. The van der Waals surface area contributed by atoms with Gasteiger partial charge in [0.2, 0.25) is 0 Å². The highest BCUT2D eigenvalue weighted by Gasteiger charge is 1.97. The molecule has 18 heavy (non-hydrogen) atoms. The predicted molar refractivity (Wildman–Crippen MR) is 69.6 cm³/mol. The van der Waals surface area contributed by atoms with Gasteiger partial charge in [-0.05, 0) is 18.9 Å². The number of methoxy groups -OCH3 is 1. The topological polar surface area (TPSA) is 63.6 Å². The normalized spacial score (nSPS) is 12.6. The molecule has 0 amide bonds. The molecule has 0 radical (unpaired) electrons. The summed E-state index contributed by atoms with van der Waals surface area (Å²) in [6.07, 6.45) is -0.561. The second kappa shape index (κ2) is 10.5. The Morgan fingerprint density at radius 1 is 1.44 bits per heavy atom. The zero-order valence-electron chi connectivity index (χ0n) is 12.7. The van der Waals surface area contributed by atoms with E-state index in [-0.39, 0.29) is 12.2 Å². The Morgan fingerprint density at radius 2 is 2.06 bits per heavy atom. The van der Waals surface area contributed by atoms with Crippen LogP contribution in [0.25, 0.3) is 0 Å². The van der Waals surface area contributed by atoms with Crippen molar-refractivity contribution in [2.75, 3.05) is 13.7 Å². The number of carbonyl (C=O) groups is 2. The maximum atomic E-state index is 10.2. The largest absolute Gasteiger partial charge is 0.481 e. The SMILES string of the molecule is [3H]C(CC(C)=O)C(=O)O.[3H]c1ccc(CCOC)cc1. The Morgan fingerprint density at radius 3 is 2.44 bits per heavy atom. The molecule has 1 atom stereocenters. The molecule has 0 spiro atoms. The first-order valence-electron chi connectivity index (χ1n) is 6.63. The molecule has 0 saturated carbocycles. The Balaban J connectivity index is 0.000000370. The fourth-order valence-corrected chi connectivity index (χ4v) is 1.04. The van der Waals surface area contributed by atoms with Gasteiger partial charge in [0.25, 0.3) is 0 Å². The van der Waals surface area contributed by atoms with Crippen molar-refractivity contribution < 1.29 is 22.2 Å². The lowest BCUT2D eigenvalue weighted by atomic mass is 10.2. The predicted octanol–water partition coefficient (Wildman–Crippen LogP) is 2.32. The van der Waals surface area contributed by atoms with E-state index in [1.165, 1.54) is 12.5 Å². The maximum absolute atomic E-state index is 10.2. The number of aliphatic carboxylic acids is 1. The van der Waals surface area contributed by atoms with Crippen LogP contribution in [-0.4, -0.2) is 30.6 Å². The quantitative estimate of drug-likeness (QED) is 0.848. The molecular weight excluding hydrogens is 232 g/mol. The van der Waals surface area contributed by atoms with Crippen LogP contribution in [-0.2, 0) is 20.7 Å². The number of carboxylic acids is 1. The third-order valence-corrected chi connectivity index (χ3v) is 1.95. The number of carboxylic acid groups (broad SMARTS) is 1. The van der Waals surface area contributed by atoms with E-state index in [1.54, 1.807) is 19.2 Å². The van der Waals surface area contributed by atoms with Crippen molar-refractivity contribution in [3.8, 4) is 0 Å². The van der Waals surface area contributed by atoms with Gasteiger partial charge >= 0.3 is 5.97 Å². The van der Waals surface area contributed by atoms with Crippen molar-refractivity contribution in [3.63, 3.8) is 0 Å². The van der Waals surface area contributed by atoms with Crippen LogP contribution in [0.3, 0.4) is 0 Å². The van der Waals surface area contributed by atoms with Crippen LogP contribution in [0, 0.1) is 0 Å². The van der Waals surface area contributed by atoms with Crippen LogP contribution in [0.5, 0.6) is 0 Å². The Bertz CT molecular complexity index is 418. The third-order valence-electron chi connectivity index (χ3n) is 1.95. The van der Waals surface area contributed by atoms with Crippen LogP contribution < -0.4 is 0 Å². The summed E-state index contributed by atoms with van der Waals surface area (Å²) in [7, 11) is 1.69. The summed E-state index contributed by atoms with van der Waals surface area (Å²) in [6.45, 7) is 2.02. The summed E-state index contributed by atoms with van der Waals surface area (Å²) in [6, 6.07) is 8.07. The van der Waals surface area contributed by atoms with Crippen LogP contribution in [0.4, 0.5) is 0 Å². The molecule has 0 aromatic heterocycles. The molecule has 0 saturated heterocycles. The van der Waals surface area contributed by atoms with Gasteiger partial charge in [0.05, 0.1) is 14.4 Å². The average molecular weight is 256 g/mol.